The lowest BCUT2D eigenvalue weighted by Gasteiger charge is -2.29. The summed E-state index contributed by atoms with van der Waals surface area (Å²) in [5, 5.41) is 6.54. The van der Waals surface area contributed by atoms with Gasteiger partial charge >= 0.3 is 0 Å². The quantitative estimate of drug-likeness (QED) is 0.844. The summed E-state index contributed by atoms with van der Waals surface area (Å²) in [6.45, 7) is 6.26. The van der Waals surface area contributed by atoms with Gasteiger partial charge in [-0.1, -0.05) is 44.2 Å². The van der Waals surface area contributed by atoms with Crippen LogP contribution in [0, 0.1) is 5.92 Å². The Kier molecular flexibility index (Phi) is 6.24. The van der Waals surface area contributed by atoms with Crippen LogP contribution < -0.4 is 10.6 Å². The second kappa shape index (κ2) is 8.18. The van der Waals surface area contributed by atoms with Gasteiger partial charge in [0.25, 0.3) is 0 Å². The smallest absolute Gasteiger partial charge is 0.221 e. The number of hydrogen-bond acceptors (Lipinski definition) is 2. The van der Waals surface area contributed by atoms with Crippen molar-refractivity contribution in [3.63, 3.8) is 0 Å². The van der Waals surface area contributed by atoms with Gasteiger partial charge in [-0.3, -0.25) is 4.79 Å². The van der Waals surface area contributed by atoms with Crippen molar-refractivity contribution in [2.45, 2.75) is 51.5 Å². The third-order valence-corrected chi connectivity index (χ3v) is 4.60. The van der Waals surface area contributed by atoms with Gasteiger partial charge in [-0.05, 0) is 43.2 Å². The van der Waals surface area contributed by atoms with Gasteiger partial charge in [-0.25, -0.2) is 0 Å². The van der Waals surface area contributed by atoms with Crippen LogP contribution in [0.1, 0.15) is 51.0 Å². The molecule has 2 rings (SSSR count). The Hall–Kier alpha value is -1.35. The number of rotatable bonds is 6. The number of hydrogen-bond donors (Lipinski definition) is 2. The van der Waals surface area contributed by atoms with Crippen molar-refractivity contribution in [1.29, 1.82) is 0 Å². The molecule has 1 aromatic rings. The van der Waals surface area contributed by atoms with Crippen LogP contribution in [0.3, 0.4) is 0 Å². The predicted octanol–water partition coefficient (Wildman–Crippen LogP) is 3.07. The lowest BCUT2D eigenvalue weighted by Crippen LogP contribution is -2.43. The van der Waals surface area contributed by atoms with E-state index in [4.69, 9.17) is 0 Å². The van der Waals surface area contributed by atoms with Gasteiger partial charge in [0.05, 0.1) is 0 Å². The van der Waals surface area contributed by atoms with Crippen molar-refractivity contribution in [1.82, 2.24) is 10.6 Å². The van der Waals surface area contributed by atoms with E-state index in [1.165, 1.54) is 18.4 Å². The zero-order chi connectivity index (χ0) is 15.1. The summed E-state index contributed by atoms with van der Waals surface area (Å²) in [7, 11) is 0. The van der Waals surface area contributed by atoms with Crippen molar-refractivity contribution >= 4 is 5.91 Å². The fourth-order valence-corrected chi connectivity index (χ4v) is 3.04. The monoisotopic (exact) mass is 288 g/mol. The molecule has 2 N–H and O–H groups in total. The molecule has 0 spiro atoms. The molecule has 116 valence electrons. The largest absolute Gasteiger partial charge is 0.356 e. The second-order valence-electron chi connectivity index (χ2n) is 6.33. The molecule has 0 saturated carbocycles. The standard InChI is InChI=1S/C18H28N2O/c1-14(16-8-4-3-5-9-16)10-12-20-18(21)13-17-15(2)7-6-11-19-17/h3-5,8-9,14-15,17,19H,6-7,10-13H2,1-2H3,(H,20,21). The normalized spacial score (nSPS) is 23.5. The summed E-state index contributed by atoms with van der Waals surface area (Å²) < 4.78 is 0. The van der Waals surface area contributed by atoms with Crippen molar-refractivity contribution in [2.24, 2.45) is 5.92 Å². The minimum atomic E-state index is 0.182. The van der Waals surface area contributed by atoms with Crippen molar-refractivity contribution in [2.75, 3.05) is 13.1 Å². The van der Waals surface area contributed by atoms with Crippen LogP contribution in [0.15, 0.2) is 30.3 Å². The minimum absolute atomic E-state index is 0.182. The zero-order valence-corrected chi connectivity index (χ0v) is 13.3. The molecule has 1 aliphatic heterocycles. The number of carbonyl (C=O) groups is 1. The van der Waals surface area contributed by atoms with Gasteiger partial charge in [0.2, 0.25) is 5.91 Å². The average Bonchev–Trinajstić information content (AvgIpc) is 2.50. The molecule has 1 amide bonds. The van der Waals surface area contributed by atoms with Crippen molar-refractivity contribution in [3.8, 4) is 0 Å². The molecule has 1 saturated heterocycles. The van der Waals surface area contributed by atoms with Gasteiger partial charge in [0, 0.05) is 19.0 Å². The average molecular weight is 288 g/mol. The van der Waals surface area contributed by atoms with Crippen LogP contribution in [-0.2, 0) is 4.79 Å². The molecule has 3 atom stereocenters. The molecule has 21 heavy (non-hydrogen) atoms. The van der Waals surface area contributed by atoms with Crippen LogP contribution in [0.5, 0.6) is 0 Å². The van der Waals surface area contributed by atoms with Crippen molar-refractivity contribution in [3.05, 3.63) is 35.9 Å². The molecule has 0 aliphatic carbocycles. The third kappa shape index (κ3) is 5.16. The van der Waals surface area contributed by atoms with E-state index in [0.29, 0.717) is 24.3 Å². The summed E-state index contributed by atoms with van der Waals surface area (Å²) >= 11 is 0. The van der Waals surface area contributed by atoms with Crippen LogP contribution in [0.4, 0.5) is 0 Å². The molecule has 3 unspecified atom stereocenters. The highest BCUT2D eigenvalue weighted by atomic mass is 16.1. The Labute approximate surface area is 128 Å². The van der Waals surface area contributed by atoms with Crippen LogP contribution in [-0.4, -0.2) is 25.0 Å². The molecular formula is C18H28N2O. The first-order valence-electron chi connectivity index (χ1n) is 8.22. The summed E-state index contributed by atoms with van der Waals surface area (Å²) in [6, 6.07) is 10.8. The maximum absolute atomic E-state index is 12.0. The lowest BCUT2D eigenvalue weighted by atomic mass is 9.90. The molecular weight excluding hydrogens is 260 g/mol. The number of piperidine rings is 1. The van der Waals surface area contributed by atoms with Gasteiger partial charge in [0.15, 0.2) is 0 Å². The first kappa shape index (κ1) is 16.0. The van der Waals surface area contributed by atoms with Crippen LogP contribution >= 0.6 is 0 Å². The molecule has 1 aliphatic rings. The third-order valence-electron chi connectivity index (χ3n) is 4.60. The molecule has 1 fully saturated rings. The molecule has 3 nitrogen and oxygen atoms in total. The Morgan fingerprint density at radius 3 is 2.86 bits per heavy atom. The van der Waals surface area contributed by atoms with E-state index in [-0.39, 0.29) is 5.91 Å². The Morgan fingerprint density at radius 1 is 1.38 bits per heavy atom. The van der Waals surface area contributed by atoms with Crippen LogP contribution in [0.25, 0.3) is 0 Å². The van der Waals surface area contributed by atoms with Gasteiger partial charge < -0.3 is 10.6 Å². The van der Waals surface area contributed by atoms with E-state index < -0.39 is 0 Å². The summed E-state index contributed by atoms with van der Waals surface area (Å²) in [5.74, 6) is 1.27. The van der Waals surface area contributed by atoms with E-state index in [2.05, 4.69) is 48.7 Å². The first-order valence-corrected chi connectivity index (χ1v) is 8.22. The highest BCUT2D eigenvalue weighted by Gasteiger charge is 2.22. The molecule has 3 heteroatoms. The second-order valence-corrected chi connectivity index (χ2v) is 6.33. The first-order chi connectivity index (χ1) is 10.2. The SMILES string of the molecule is CC(CCNC(=O)CC1NCCCC1C)c1ccccc1. The molecule has 0 bridgehead atoms. The van der Waals surface area contributed by atoms with Crippen LogP contribution in [0.2, 0.25) is 0 Å². The predicted molar refractivity (Wildman–Crippen MR) is 87.3 cm³/mol. The molecule has 1 heterocycles. The topological polar surface area (TPSA) is 41.1 Å². The lowest BCUT2D eigenvalue weighted by molar-refractivity contribution is -0.122. The van der Waals surface area contributed by atoms with E-state index in [1.807, 2.05) is 6.07 Å². The number of amides is 1. The minimum Gasteiger partial charge on any atom is -0.356 e. The number of nitrogens with one attached hydrogen (secondary N) is 2. The van der Waals surface area contributed by atoms with Gasteiger partial charge in [-0.15, -0.1) is 0 Å². The fourth-order valence-electron chi connectivity index (χ4n) is 3.04. The maximum Gasteiger partial charge on any atom is 0.221 e. The Morgan fingerprint density at radius 2 is 2.14 bits per heavy atom. The van der Waals surface area contributed by atoms with E-state index in [9.17, 15) is 4.79 Å². The fraction of sp³-hybridized carbons (Fsp3) is 0.611. The van der Waals surface area contributed by atoms with E-state index in [1.54, 1.807) is 0 Å². The zero-order valence-electron chi connectivity index (χ0n) is 13.3. The maximum atomic E-state index is 12.0. The Balaban J connectivity index is 1.67. The number of carbonyl (C=O) groups excluding carboxylic acids is 1. The summed E-state index contributed by atoms with van der Waals surface area (Å²) in [5.41, 5.74) is 1.34. The summed E-state index contributed by atoms with van der Waals surface area (Å²) in [4.78, 5) is 12.0. The molecule has 0 aromatic heterocycles. The van der Waals surface area contributed by atoms with Gasteiger partial charge in [0.1, 0.15) is 0 Å². The number of benzene rings is 1. The molecule has 1 aromatic carbocycles. The van der Waals surface area contributed by atoms with Crippen molar-refractivity contribution < 1.29 is 4.79 Å². The highest BCUT2D eigenvalue weighted by Crippen LogP contribution is 2.19. The van der Waals surface area contributed by atoms with E-state index in [0.717, 1.165) is 19.5 Å². The van der Waals surface area contributed by atoms with E-state index >= 15 is 0 Å². The summed E-state index contributed by atoms with van der Waals surface area (Å²) in [6.07, 6.45) is 4.06. The highest BCUT2D eigenvalue weighted by molar-refractivity contribution is 5.76. The Bertz CT molecular complexity index is 432. The molecule has 0 radical (unpaired) electrons. The van der Waals surface area contributed by atoms with Gasteiger partial charge in [-0.2, -0.15) is 0 Å².